The summed E-state index contributed by atoms with van der Waals surface area (Å²) in [4.78, 5) is 0. The van der Waals surface area contributed by atoms with Crippen LogP contribution in [0.4, 0.5) is 0 Å². The summed E-state index contributed by atoms with van der Waals surface area (Å²) < 4.78 is 11.4. The summed E-state index contributed by atoms with van der Waals surface area (Å²) in [6.07, 6.45) is 0.940. The van der Waals surface area contributed by atoms with Gasteiger partial charge in [-0.15, -0.1) is 11.6 Å². The first-order valence-electron chi connectivity index (χ1n) is 6.26. The molecule has 0 aromatic heterocycles. The molecule has 2 aliphatic rings. The summed E-state index contributed by atoms with van der Waals surface area (Å²) in [7, 11) is 0. The second kappa shape index (κ2) is 4.09. The molecule has 0 fully saturated rings. The van der Waals surface area contributed by atoms with Gasteiger partial charge in [-0.2, -0.15) is 0 Å². The first-order valence-corrected chi connectivity index (χ1v) is 6.69. The van der Waals surface area contributed by atoms with Gasteiger partial charge in [0.1, 0.15) is 0 Å². The first kappa shape index (κ1) is 11.2. The van der Waals surface area contributed by atoms with Gasteiger partial charge in [0.25, 0.3) is 0 Å². The Morgan fingerprint density at radius 1 is 1.06 bits per heavy atom. The average molecular weight is 253 g/mol. The molecule has 3 rings (SSSR count). The van der Waals surface area contributed by atoms with Crippen molar-refractivity contribution in [2.45, 2.75) is 31.6 Å². The number of fused-ring (bicyclic) bond motifs is 2. The van der Waals surface area contributed by atoms with Gasteiger partial charge in [-0.05, 0) is 35.1 Å². The molecule has 3 heteroatoms. The Morgan fingerprint density at radius 2 is 1.65 bits per heavy atom. The van der Waals surface area contributed by atoms with Crippen molar-refractivity contribution in [3.05, 3.63) is 23.3 Å². The zero-order valence-corrected chi connectivity index (χ0v) is 11.0. The summed E-state index contributed by atoms with van der Waals surface area (Å²) in [6.45, 7) is 5.90. The maximum atomic E-state index is 6.47. The highest BCUT2D eigenvalue weighted by Gasteiger charge is 2.35. The van der Waals surface area contributed by atoms with Gasteiger partial charge in [0.2, 0.25) is 0 Å². The minimum Gasteiger partial charge on any atom is -0.490 e. The van der Waals surface area contributed by atoms with Crippen molar-refractivity contribution in [3.63, 3.8) is 0 Å². The molecule has 17 heavy (non-hydrogen) atoms. The van der Waals surface area contributed by atoms with Crippen LogP contribution in [0.25, 0.3) is 0 Å². The molecule has 1 heterocycles. The molecular formula is C14H17ClO2. The molecule has 0 amide bonds. The SMILES string of the molecule is CC1c2cc3c(cc2C(Cl)C1C)OCCCO3. The third-order valence-corrected chi connectivity index (χ3v) is 4.62. The van der Waals surface area contributed by atoms with E-state index < -0.39 is 0 Å². The molecule has 1 aliphatic carbocycles. The van der Waals surface area contributed by atoms with Crippen molar-refractivity contribution in [2.24, 2.45) is 5.92 Å². The predicted octanol–water partition coefficient (Wildman–Crippen LogP) is 3.88. The lowest BCUT2D eigenvalue weighted by Gasteiger charge is -2.12. The quantitative estimate of drug-likeness (QED) is 0.653. The van der Waals surface area contributed by atoms with Crippen molar-refractivity contribution in [2.75, 3.05) is 13.2 Å². The summed E-state index contributed by atoms with van der Waals surface area (Å²) >= 11 is 6.47. The van der Waals surface area contributed by atoms with Crippen LogP contribution in [0.3, 0.4) is 0 Å². The lowest BCUT2D eigenvalue weighted by molar-refractivity contribution is 0.296. The number of halogens is 1. The van der Waals surface area contributed by atoms with E-state index in [0.717, 1.165) is 31.1 Å². The fourth-order valence-corrected chi connectivity index (χ4v) is 3.10. The Labute approximate surface area is 107 Å². The molecule has 3 atom stereocenters. The molecule has 1 aromatic carbocycles. The maximum Gasteiger partial charge on any atom is 0.161 e. The van der Waals surface area contributed by atoms with Crippen LogP contribution in [-0.4, -0.2) is 13.2 Å². The molecule has 0 spiro atoms. The van der Waals surface area contributed by atoms with E-state index in [0.29, 0.717) is 11.8 Å². The van der Waals surface area contributed by atoms with Crippen LogP contribution in [0.15, 0.2) is 12.1 Å². The fourth-order valence-electron chi connectivity index (χ4n) is 2.69. The van der Waals surface area contributed by atoms with Crippen LogP contribution < -0.4 is 9.47 Å². The summed E-state index contributed by atoms with van der Waals surface area (Å²) in [6, 6.07) is 4.20. The van der Waals surface area contributed by atoms with E-state index in [-0.39, 0.29) is 5.38 Å². The molecule has 2 nitrogen and oxygen atoms in total. The van der Waals surface area contributed by atoms with Crippen molar-refractivity contribution in [1.82, 2.24) is 0 Å². The lowest BCUT2D eigenvalue weighted by atomic mass is 9.96. The molecule has 1 aromatic rings. The van der Waals surface area contributed by atoms with Gasteiger partial charge in [0.05, 0.1) is 18.6 Å². The van der Waals surface area contributed by atoms with Gasteiger partial charge in [-0.3, -0.25) is 0 Å². The Balaban J connectivity index is 2.09. The van der Waals surface area contributed by atoms with Gasteiger partial charge in [-0.1, -0.05) is 13.8 Å². The van der Waals surface area contributed by atoms with Gasteiger partial charge >= 0.3 is 0 Å². The molecule has 0 N–H and O–H groups in total. The largest absolute Gasteiger partial charge is 0.490 e. The fraction of sp³-hybridized carbons (Fsp3) is 0.571. The van der Waals surface area contributed by atoms with Crippen molar-refractivity contribution >= 4 is 11.6 Å². The highest BCUT2D eigenvalue weighted by molar-refractivity contribution is 6.21. The topological polar surface area (TPSA) is 18.5 Å². The number of hydrogen-bond donors (Lipinski definition) is 0. The van der Waals surface area contributed by atoms with E-state index in [1.807, 2.05) is 0 Å². The standard InChI is InChI=1S/C14H17ClO2/c1-8-9(2)14(15)11-7-13-12(6-10(8)11)16-4-3-5-17-13/h6-9,14H,3-5H2,1-2H3. The molecule has 92 valence electrons. The number of alkyl halides is 1. The molecular weight excluding hydrogens is 236 g/mol. The summed E-state index contributed by atoms with van der Waals surface area (Å²) in [5.41, 5.74) is 2.54. The van der Waals surface area contributed by atoms with Gasteiger partial charge < -0.3 is 9.47 Å². The minimum atomic E-state index is 0.0946. The van der Waals surface area contributed by atoms with E-state index in [4.69, 9.17) is 21.1 Å². The van der Waals surface area contributed by atoms with E-state index in [1.165, 1.54) is 11.1 Å². The maximum absolute atomic E-state index is 6.47. The van der Waals surface area contributed by atoms with Gasteiger partial charge in [0.15, 0.2) is 11.5 Å². The van der Waals surface area contributed by atoms with Crippen molar-refractivity contribution < 1.29 is 9.47 Å². The smallest absolute Gasteiger partial charge is 0.161 e. The van der Waals surface area contributed by atoms with Crippen molar-refractivity contribution in [3.8, 4) is 11.5 Å². The molecule has 0 radical (unpaired) electrons. The minimum absolute atomic E-state index is 0.0946. The van der Waals surface area contributed by atoms with Crippen LogP contribution in [-0.2, 0) is 0 Å². The average Bonchev–Trinajstić information content (AvgIpc) is 2.55. The molecule has 1 aliphatic heterocycles. The summed E-state index contributed by atoms with van der Waals surface area (Å²) in [5.74, 6) is 2.70. The Morgan fingerprint density at radius 3 is 2.29 bits per heavy atom. The Bertz CT molecular complexity index is 405. The van der Waals surface area contributed by atoms with Crippen LogP contribution in [0.2, 0.25) is 0 Å². The Kier molecular flexibility index (Phi) is 2.70. The van der Waals surface area contributed by atoms with E-state index in [1.54, 1.807) is 0 Å². The predicted molar refractivity (Wildman–Crippen MR) is 68.2 cm³/mol. The normalized spacial score (nSPS) is 30.9. The van der Waals surface area contributed by atoms with Crippen LogP contribution in [0.5, 0.6) is 11.5 Å². The summed E-state index contributed by atoms with van der Waals surface area (Å²) in [5, 5.41) is 0.0946. The van der Waals surface area contributed by atoms with Crippen LogP contribution >= 0.6 is 11.6 Å². The number of rotatable bonds is 0. The lowest BCUT2D eigenvalue weighted by Crippen LogP contribution is -2.00. The molecule has 0 saturated carbocycles. The molecule has 0 saturated heterocycles. The second-order valence-corrected chi connectivity index (χ2v) is 5.50. The first-order chi connectivity index (χ1) is 8.18. The van der Waals surface area contributed by atoms with E-state index >= 15 is 0 Å². The highest BCUT2D eigenvalue weighted by atomic mass is 35.5. The van der Waals surface area contributed by atoms with Crippen molar-refractivity contribution in [1.29, 1.82) is 0 Å². The number of ether oxygens (including phenoxy) is 2. The molecule has 0 bridgehead atoms. The zero-order chi connectivity index (χ0) is 12.0. The van der Waals surface area contributed by atoms with E-state index in [9.17, 15) is 0 Å². The van der Waals surface area contributed by atoms with E-state index in [2.05, 4.69) is 26.0 Å². The van der Waals surface area contributed by atoms with Crippen LogP contribution in [0, 0.1) is 5.92 Å². The monoisotopic (exact) mass is 252 g/mol. The van der Waals surface area contributed by atoms with Crippen LogP contribution in [0.1, 0.15) is 42.7 Å². The third kappa shape index (κ3) is 1.70. The Hall–Kier alpha value is -0.890. The third-order valence-electron chi connectivity index (χ3n) is 3.99. The van der Waals surface area contributed by atoms with Gasteiger partial charge in [-0.25, -0.2) is 0 Å². The number of hydrogen-bond acceptors (Lipinski definition) is 2. The number of benzene rings is 1. The molecule has 3 unspecified atom stereocenters. The second-order valence-electron chi connectivity index (χ2n) is 5.03. The van der Waals surface area contributed by atoms with Gasteiger partial charge in [0, 0.05) is 6.42 Å². The highest BCUT2D eigenvalue weighted by Crippen LogP contribution is 2.51. The zero-order valence-electron chi connectivity index (χ0n) is 10.2.